The molecule has 0 aliphatic heterocycles. The Labute approximate surface area is 98.0 Å². The smallest absolute Gasteiger partial charge is 0.255 e. The standard InChI is InChI=1S/C10H16BrNOS/c1-8(3-5-11)4-6-14-10-12-9(2)7-13-10/h7-8H,3-6H2,1-2H3. The highest BCUT2D eigenvalue weighted by Crippen LogP contribution is 2.20. The zero-order valence-electron chi connectivity index (χ0n) is 8.62. The summed E-state index contributed by atoms with van der Waals surface area (Å²) in [6, 6.07) is 0. The molecule has 0 fully saturated rings. The van der Waals surface area contributed by atoms with Crippen molar-refractivity contribution in [2.24, 2.45) is 5.92 Å². The van der Waals surface area contributed by atoms with Crippen molar-refractivity contribution in [3.63, 3.8) is 0 Å². The van der Waals surface area contributed by atoms with Crippen LogP contribution in [0.1, 0.15) is 25.5 Å². The molecule has 2 nitrogen and oxygen atoms in total. The van der Waals surface area contributed by atoms with Crippen LogP contribution >= 0.6 is 27.7 Å². The van der Waals surface area contributed by atoms with E-state index < -0.39 is 0 Å². The van der Waals surface area contributed by atoms with Crippen molar-refractivity contribution in [2.45, 2.75) is 31.9 Å². The minimum Gasteiger partial charge on any atom is -0.440 e. The van der Waals surface area contributed by atoms with E-state index in [0.29, 0.717) is 0 Å². The van der Waals surface area contributed by atoms with Crippen LogP contribution in [0.3, 0.4) is 0 Å². The van der Waals surface area contributed by atoms with Crippen molar-refractivity contribution in [3.05, 3.63) is 12.0 Å². The van der Waals surface area contributed by atoms with Crippen LogP contribution in [0.2, 0.25) is 0 Å². The van der Waals surface area contributed by atoms with E-state index in [9.17, 15) is 0 Å². The van der Waals surface area contributed by atoms with Crippen LogP contribution < -0.4 is 0 Å². The Morgan fingerprint density at radius 3 is 2.93 bits per heavy atom. The van der Waals surface area contributed by atoms with Gasteiger partial charge in [0.15, 0.2) is 0 Å². The van der Waals surface area contributed by atoms with E-state index in [1.807, 2.05) is 6.92 Å². The third-order valence-electron chi connectivity index (χ3n) is 2.04. The highest BCUT2D eigenvalue weighted by Gasteiger charge is 2.04. The Morgan fingerprint density at radius 1 is 1.57 bits per heavy atom. The molecule has 0 saturated heterocycles. The van der Waals surface area contributed by atoms with Gasteiger partial charge in [-0.05, 0) is 25.7 Å². The molecule has 1 heterocycles. The van der Waals surface area contributed by atoms with Crippen LogP contribution in [0.25, 0.3) is 0 Å². The van der Waals surface area contributed by atoms with Crippen LogP contribution in [-0.2, 0) is 0 Å². The van der Waals surface area contributed by atoms with Crippen LogP contribution in [0.15, 0.2) is 15.9 Å². The first-order chi connectivity index (χ1) is 6.72. The largest absolute Gasteiger partial charge is 0.440 e. The molecule has 0 saturated carbocycles. The van der Waals surface area contributed by atoms with Gasteiger partial charge in [0.25, 0.3) is 5.22 Å². The maximum absolute atomic E-state index is 5.25. The minimum atomic E-state index is 0.776. The van der Waals surface area contributed by atoms with Crippen LogP contribution in [0.5, 0.6) is 0 Å². The fourth-order valence-corrected chi connectivity index (χ4v) is 2.88. The molecule has 14 heavy (non-hydrogen) atoms. The number of nitrogens with zero attached hydrogens (tertiary/aromatic N) is 1. The molecule has 0 bridgehead atoms. The quantitative estimate of drug-likeness (QED) is 0.583. The summed E-state index contributed by atoms with van der Waals surface area (Å²) in [6.07, 6.45) is 4.16. The van der Waals surface area contributed by atoms with E-state index in [2.05, 4.69) is 27.8 Å². The first kappa shape index (κ1) is 12.1. The lowest BCUT2D eigenvalue weighted by Crippen LogP contribution is -1.96. The molecule has 0 spiro atoms. The topological polar surface area (TPSA) is 26.0 Å². The molecule has 4 heteroatoms. The van der Waals surface area contributed by atoms with Crippen molar-refractivity contribution in [1.82, 2.24) is 4.98 Å². The van der Waals surface area contributed by atoms with E-state index in [-0.39, 0.29) is 0 Å². The van der Waals surface area contributed by atoms with Gasteiger partial charge in [-0.15, -0.1) is 0 Å². The fraction of sp³-hybridized carbons (Fsp3) is 0.700. The second-order valence-corrected chi connectivity index (χ2v) is 5.31. The second kappa shape index (κ2) is 6.51. The van der Waals surface area contributed by atoms with E-state index in [1.54, 1.807) is 18.0 Å². The third kappa shape index (κ3) is 4.51. The minimum absolute atomic E-state index is 0.776. The molecule has 1 aromatic heterocycles. The summed E-state index contributed by atoms with van der Waals surface area (Å²) in [7, 11) is 0. The molecule has 0 amide bonds. The van der Waals surface area contributed by atoms with Gasteiger partial charge in [0.2, 0.25) is 0 Å². The molecule has 0 aliphatic rings. The summed E-state index contributed by atoms with van der Waals surface area (Å²) < 4.78 is 5.25. The number of hydrogen-bond acceptors (Lipinski definition) is 3. The summed E-state index contributed by atoms with van der Waals surface area (Å²) in [4.78, 5) is 4.24. The zero-order chi connectivity index (χ0) is 10.4. The van der Waals surface area contributed by atoms with E-state index in [0.717, 1.165) is 27.9 Å². The summed E-state index contributed by atoms with van der Waals surface area (Å²) in [5.74, 6) is 1.87. The molecule has 1 rings (SSSR count). The van der Waals surface area contributed by atoms with Gasteiger partial charge in [-0.2, -0.15) is 0 Å². The van der Waals surface area contributed by atoms with Crippen molar-refractivity contribution in [2.75, 3.05) is 11.1 Å². The maximum Gasteiger partial charge on any atom is 0.255 e. The van der Waals surface area contributed by atoms with Gasteiger partial charge >= 0.3 is 0 Å². The second-order valence-electron chi connectivity index (χ2n) is 3.47. The van der Waals surface area contributed by atoms with Gasteiger partial charge < -0.3 is 4.42 Å². The molecule has 80 valence electrons. The first-order valence-corrected chi connectivity index (χ1v) is 6.94. The lowest BCUT2D eigenvalue weighted by atomic mass is 10.1. The summed E-state index contributed by atoms with van der Waals surface area (Å²) in [5, 5.41) is 1.89. The van der Waals surface area contributed by atoms with Crippen LogP contribution in [-0.4, -0.2) is 16.1 Å². The monoisotopic (exact) mass is 277 g/mol. The first-order valence-electron chi connectivity index (χ1n) is 4.83. The van der Waals surface area contributed by atoms with Gasteiger partial charge in [-0.1, -0.05) is 34.6 Å². The van der Waals surface area contributed by atoms with Gasteiger partial charge in [0.05, 0.1) is 5.69 Å². The van der Waals surface area contributed by atoms with Crippen LogP contribution in [0, 0.1) is 12.8 Å². The summed E-state index contributed by atoms with van der Waals surface area (Å²) >= 11 is 5.15. The van der Waals surface area contributed by atoms with Crippen molar-refractivity contribution < 1.29 is 4.42 Å². The molecule has 1 atom stereocenters. The molecule has 0 aliphatic carbocycles. The van der Waals surface area contributed by atoms with Crippen molar-refractivity contribution in [1.29, 1.82) is 0 Å². The van der Waals surface area contributed by atoms with E-state index in [1.165, 1.54) is 12.8 Å². The average Bonchev–Trinajstić information content (AvgIpc) is 2.52. The molecule has 1 unspecified atom stereocenters. The van der Waals surface area contributed by atoms with Crippen molar-refractivity contribution >= 4 is 27.7 Å². The van der Waals surface area contributed by atoms with Crippen molar-refractivity contribution in [3.8, 4) is 0 Å². The number of oxazole rings is 1. The lowest BCUT2D eigenvalue weighted by molar-refractivity contribution is 0.453. The Kier molecular flexibility index (Phi) is 5.63. The fourth-order valence-electron chi connectivity index (χ4n) is 1.08. The molecular weight excluding hydrogens is 262 g/mol. The summed E-state index contributed by atoms with van der Waals surface area (Å²) in [6.45, 7) is 4.23. The van der Waals surface area contributed by atoms with Gasteiger partial charge in [-0.25, -0.2) is 4.98 Å². The van der Waals surface area contributed by atoms with Gasteiger partial charge in [-0.3, -0.25) is 0 Å². The van der Waals surface area contributed by atoms with Crippen LogP contribution in [0.4, 0.5) is 0 Å². The van der Waals surface area contributed by atoms with E-state index in [4.69, 9.17) is 4.42 Å². The zero-order valence-corrected chi connectivity index (χ0v) is 11.0. The number of halogens is 1. The Balaban J connectivity index is 2.15. The Morgan fingerprint density at radius 2 is 2.36 bits per heavy atom. The lowest BCUT2D eigenvalue weighted by Gasteiger charge is -2.06. The molecule has 1 aromatic rings. The molecular formula is C10H16BrNOS. The third-order valence-corrected chi connectivity index (χ3v) is 3.37. The maximum atomic E-state index is 5.25. The average molecular weight is 278 g/mol. The SMILES string of the molecule is Cc1coc(SCCC(C)CCBr)n1. The normalized spacial score (nSPS) is 13.1. The number of rotatable bonds is 6. The number of thioether (sulfide) groups is 1. The highest BCUT2D eigenvalue weighted by molar-refractivity contribution is 9.09. The predicted octanol–water partition coefficient (Wildman–Crippen LogP) is 3.89. The number of aromatic nitrogens is 1. The number of alkyl halides is 1. The Bertz CT molecular complexity index is 264. The van der Waals surface area contributed by atoms with Gasteiger partial charge in [0.1, 0.15) is 6.26 Å². The molecule has 0 N–H and O–H groups in total. The number of aryl methyl sites for hydroxylation is 1. The molecule has 0 aromatic carbocycles. The predicted molar refractivity (Wildman–Crippen MR) is 64.2 cm³/mol. The summed E-state index contributed by atoms with van der Waals surface area (Å²) in [5.41, 5.74) is 0.959. The highest BCUT2D eigenvalue weighted by atomic mass is 79.9. The molecule has 0 radical (unpaired) electrons. The van der Waals surface area contributed by atoms with E-state index >= 15 is 0 Å². The number of hydrogen-bond donors (Lipinski definition) is 0. The Hall–Kier alpha value is 0.0400. The van der Waals surface area contributed by atoms with Gasteiger partial charge in [0, 0.05) is 11.1 Å².